The van der Waals surface area contributed by atoms with E-state index in [9.17, 15) is 9.59 Å². The number of hydrogen-bond donors (Lipinski definition) is 1. The molecule has 1 heterocycles. The number of amides is 2. The molecule has 1 aliphatic heterocycles. The van der Waals surface area contributed by atoms with E-state index in [1.165, 1.54) is 0 Å². The second-order valence-corrected chi connectivity index (χ2v) is 7.60. The predicted molar refractivity (Wildman–Crippen MR) is 115 cm³/mol. The summed E-state index contributed by atoms with van der Waals surface area (Å²) in [5, 5.41) is 3.77. The first-order chi connectivity index (χ1) is 13.9. The molecule has 3 rings (SSSR count). The molecular weight excluding hydrogens is 413 g/mol. The van der Waals surface area contributed by atoms with Gasteiger partial charge in [0.1, 0.15) is 5.75 Å². The quantitative estimate of drug-likeness (QED) is 0.756. The maximum absolute atomic E-state index is 12.4. The van der Waals surface area contributed by atoms with Gasteiger partial charge in [-0.1, -0.05) is 35.3 Å². The Morgan fingerprint density at radius 1 is 1.03 bits per heavy atom. The number of halogens is 2. The summed E-state index contributed by atoms with van der Waals surface area (Å²) in [6.07, 6.45) is -0.760. The molecule has 2 aromatic rings. The van der Waals surface area contributed by atoms with Crippen LogP contribution in [0.2, 0.25) is 10.0 Å². The van der Waals surface area contributed by atoms with Crippen molar-refractivity contribution in [2.24, 2.45) is 0 Å². The molecule has 1 N–H and O–H groups in total. The highest BCUT2D eigenvalue weighted by Gasteiger charge is 2.23. The molecule has 1 unspecified atom stereocenters. The molecule has 29 heavy (non-hydrogen) atoms. The summed E-state index contributed by atoms with van der Waals surface area (Å²) >= 11 is 12.0. The van der Waals surface area contributed by atoms with Gasteiger partial charge in [-0.3, -0.25) is 9.59 Å². The molecule has 0 aliphatic carbocycles. The van der Waals surface area contributed by atoms with Crippen LogP contribution in [0.15, 0.2) is 48.5 Å². The number of nitrogens with one attached hydrogen (secondary N) is 1. The summed E-state index contributed by atoms with van der Waals surface area (Å²) in [6.45, 7) is 4.22. The van der Waals surface area contributed by atoms with Crippen LogP contribution in [0.5, 0.6) is 5.75 Å². The Bertz CT molecular complexity index is 853. The summed E-state index contributed by atoms with van der Waals surface area (Å²) in [4.78, 5) is 28.6. The van der Waals surface area contributed by atoms with Crippen LogP contribution < -0.4 is 15.0 Å². The number of rotatable bonds is 6. The molecule has 0 aromatic heterocycles. The normalized spacial score (nSPS) is 15.0. The number of para-hydroxylation sites is 1. The minimum Gasteiger partial charge on any atom is -0.479 e. The van der Waals surface area contributed by atoms with E-state index in [-0.39, 0.29) is 18.4 Å². The zero-order valence-electron chi connectivity index (χ0n) is 16.1. The Balaban J connectivity index is 1.43. The first-order valence-corrected chi connectivity index (χ1v) is 10.2. The molecule has 6 nitrogen and oxygen atoms in total. The molecule has 0 bridgehead atoms. The van der Waals surface area contributed by atoms with Gasteiger partial charge in [-0.2, -0.15) is 0 Å². The lowest BCUT2D eigenvalue weighted by Crippen LogP contribution is -2.52. The van der Waals surface area contributed by atoms with Crippen LogP contribution in [-0.2, 0) is 9.59 Å². The van der Waals surface area contributed by atoms with Crippen LogP contribution in [0.3, 0.4) is 0 Å². The van der Waals surface area contributed by atoms with E-state index in [1.807, 2.05) is 24.3 Å². The molecule has 1 aliphatic rings. The SMILES string of the molecule is CC(Oc1ccccc1Cl)C(=O)NCC(=O)N1CCN(c2ccc(Cl)cc2)CC1. The Labute approximate surface area is 180 Å². The molecule has 1 atom stereocenters. The monoisotopic (exact) mass is 435 g/mol. The maximum atomic E-state index is 12.4. The number of ether oxygens (including phenoxy) is 1. The lowest BCUT2D eigenvalue weighted by atomic mass is 10.2. The summed E-state index contributed by atoms with van der Waals surface area (Å²) in [5.74, 6) is -0.0430. The standard InChI is InChI=1S/C21H23Cl2N3O3/c1-15(29-19-5-3-2-4-18(19)23)21(28)24-14-20(27)26-12-10-25(11-13-26)17-8-6-16(22)7-9-17/h2-9,15H,10-14H2,1H3,(H,24,28). The number of carbonyl (C=O) groups excluding carboxylic acids is 2. The molecule has 2 amide bonds. The molecule has 0 spiro atoms. The fourth-order valence-corrected chi connectivity index (χ4v) is 3.37. The summed E-state index contributed by atoms with van der Waals surface area (Å²) in [6, 6.07) is 14.6. The van der Waals surface area contributed by atoms with Gasteiger partial charge in [0.05, 0.1) is 11.6 Å². The lowest BCUT2D eigenvalue weighted by Gasteiger charge is -2.36. The highest BCUT2D eigenvalue weighted by Crippen LogP contribution is 2.24. The number of hydrogen-bond acceptors (Lipinski definition) is 4. The van der Waals surface area contributed by atoms with Crippen LogP contribution in [0.4, 0.5) is 5.69 Å². The van der Waals surface area contributed by atoms with Crippen LogP contribution in [-0.4, -0.2) is 55.5 Å². The van der Waals surface area contributed by atoms with E-state index < -0.39 is 6.10 Å². The lowest BCUT2D eigenvalue weighted by molar-refractivity contribution is -0.134. The molecule has 8 heteroatoms. The number of carbonyl (C=O) groups is 2. The van der Waals surface area contributed by atoms with Crippen molar-refractivity contribution in [3.05, 3.63) is 58.6 Å². The molecule has 2 aromatic carbocycles. The first kappa shape index (κ1) is 21.3. The molecule has 154 valence electrons. The number of nitrogens with zero attached hydrogens (tertiary/aromatic N) is 2. The van der Waals surface area contributed by atoms with Crippen molar-refractivity contribution in [3.8, 4) is 5.75 Å². The van der Waals surface area contributed by atoms with Gasteiger partial charge in [0.2, 0.25) is 5.91 Å². The van der Waals surface area contributed by atoms with E-state index in [1.54, 1.807) is 36.1 Å². The molecule has 0 saturated carbocycles. The smallest absolute Gasteiger partial charge is 0.261 e. The molecular formula is C21H23Cl2N3O3. The highest BCUT2D eigenvalue weighted by atomic mass is 35.5. The summed E-state index contributed by atoms with van der Waals surface area (Å²) in [5.41, 5.74) is 1.08. The summed E-state index contributed by atoms with van der Waals surface area (Å²) in [7, 11) is 0. The second-order valence-electron chi connectivity index (χ2n) is 6.75. The topological polar surface area (TPSA) is 61.9 Å². The predicted octanol–water partition coefficient (Wildman–Crippen LogP) is 3.23. The van der Waals surface area contributed by atoms with E-state index in [2.05, 4.69) is 10.2 Å². The summed E-state index contributed by atoms with van der Waals surface area (Å²) < 4.78 is 5.57. The van der Waals surface area contributed by atoms with Crippen molar-refractivity contribution >= 4 is 40.7 Å². The molecule has 1 saturated heterocycles. The molecule has 1 fully saturated rings. The van der Waals surface area contributed by atoms with Crippen molar-refractivity contribution in [2.75, 3.05) is 37.6 Å². The van der Waals surface area contributed by atoms with Gasteiger partial charge in [0.25, 0.3) is 5.91 Å². The van der Waals surface area contributed by atoms with E-state index in [4.69, 9.17) is 27.9 Å². The van der Waals surface area contributed by atoms with E-state index in [0.717, 1.165) is 18.8 Å². The number of anilines is 1. The Hall–Kier alpha value is -2.44. The average molecular weight is 436 g/mol. The van der Waals surface area contributed by atoms with Crippen LogP contribution in [0.25, 0.3) is 0 Å². The minimum atomic E-state index is -0.760. The largest absolute Gasteiger partial charge is 0.479 e. The fourth-order valence-electron chi connectivity index (χ4n) is 3.07. The molecule has 0 radical (unpaired) electrons. The Morgan fingerprint density at radius 3 is 2.34 bits per heavy atom. The van der Waals surface area contributed by atoms with Crippen molar-refractivity contribution in [2.45, 2.75) is 13.0 Å². The average Bonchev–Trinajstić information content (AvgIpc) is 2.74. The zero-order chi connectivity index (χ0) is 20.8. The van der Waals surface area contributed by atoms with Gasteiger partial charge in [-0.15, -0.1) is 0 Å². The van der Waals surface area contributed by atoms with Crippen molar-refractivity contribution in [3.63, 3.8) is 0 Å². The third kappa shape index (κ3) is 5.78. The highest BCUT2D eigenvalue weighted by molar-refractivity contribution is 6.32. The number of piperazine rings is 1. The number of benzene rings is 2. The van der Waals surface area contributed by atoms with Gasteiger partial charge in [-0.25, -0.2) is 0 Å². The van der Waals surface area contributed by atoms with Gasteiger partial charge in [-0.05, 0) is 43.3 Å². The van der Waals surface area contributed by atoms with Crippen molar-refractivity contribution < 1.29 is 14.3 Å². The van der Waals surface area contributed by atoms with Crippen LogP contribution in [0, 0.1) is 0 Å². The van der Waals surface area contributed by atoms with Crippen molar-refractivity contribution in [1.82, 2.24) is 10.2 Å². The first-order valence-electron chi connectivity index (χ1n) is 9.41. The zero-order valence-corrected chi connectivity index (χ0v) is 17.6. The van der Waals surface area contributed by atoms with Crippen molar-refractivity contribution in [1.29, 1.82) is 0 Å². The van der Waals surface area contributed by atoms with Crippen LogP contribution >= 0.6 is 23.2 Å². The van der Waals surface area contributed by atoms with Crippen LogP contribution in [0.1, 0.15) is 6.92 Å². The van der Waals surface area contributed by atoms with E-state index in [0.29, 0.717) is 28.9 Å². The third-order valence-electron chi connectivity index (χ3n) is 4.75. The fraction of sp³-hybridized carbons (Fsp3) is 0.333. The minimum absolute atomic E-state index is 0.0595. The Kier molecular flexibility index (Phi) is 7.23. The maximum Gasteiger partial charge on any atom is 0.261 e. The third-order valence-corrected chi connectivity index (χ3v) is 5.31. The van der Waals surface area contributed by atoms with Gasteiger partial charge < -0.3 is 19.9 Å². The van der Waals surface area contributed by atoms with Gasteiger partial charge >= 0.3 is 0 Å². The van der Waals surface area contributed by atoms with Gasteiger partial charge in [0.15, 0.2) is 6.10 Å². The second kappa shape index (κ2) is 9.85. The van der Waals surface area contributed by atoms with E-state index >= 15 is 0 Å². The van der Waals surface area contributed by atoms with Gasteiger partial charge in [0, 0.05) is 36.9 Å². The Morgan fingerprint density at radius 2 is 1.69 bits per heavy atom.